The maximum atomic E-state index is 13.2. The van der Waals surface area contributed by atoms with E-state index in [2.05, 4.69) is 10.3 Å². The van der Waals surface area contributed by atoms with Crippen molar-refractivity contribution in [1.82, 2.24) is 15.2 Å². The number of hydrogen-bond acceptors (Lipinski definition) is 4. The van der Waals surface area contributed by atoms with Gasteiger partial charge in [0.15, 0.2) is 6.10 Å². The Morgan fingerprint density at radius 3 is 2.41 bits per heavy atom. The SMILES string of the molecule is Cc1ccc(O[C@H](C)C(=O)N2CCNC(=O)[C@@H]2Cc2ccc(-c3ccncc3)cc2)cc1. The molecule has 6 nitrogen and oxygen atoms in total. The molecule has 164 valence electrons. The highest BCUT2D eigenvalue weighted by atomic mass is 16.5. The second kappa shape index (κ2) is 9.64. The van der Waals surface area contributed by atoms with Crippen LogP contribution in [-0.2, 0) is 16.0 Å². The number of piperazine rings is 1. The van der Waals surface area contributed by atoms with Crippen LogP contribution in [0.25, 0.3) is 11.1 Å². The van der Waals surface area contributed by atoms with Crippen LogP contribution in [0.4, 0.5) is 0 Å². The topological polar surface area (TPSA) is 71.5 Å². The fraction of sp³-hybridized carbons (Fsp3) is 0.269. The first kappa shape index (κ1) is 21.6. The lowest BCUT2D eigenvalue weighted by atomic mass is 9.99. The van der Waals surface area contributed by atoms with Gasteiger partial charge in [0.1, 0.15) is 11.8 Å². The van der Waals surface area contributed by atoms with E-state index in [1.807, 2.05) is 67.6 Å². The van der Waals surface area contributed by atoms with Gasteiger partial charge in [-0.05, 0) is 54.8 Å². The van der Waals surface area contributed by atoms with Gasteiger partial charge in [-0.3, -0.25) is 14.6 Å². The van der Waals surface area contributed by atoms with Gasteiger partial charge in [0.05, 0.1) is 0 Å². The van der Waals surface area contributed by atoms with Gasteiger partial charge in [-0.15, -0.1) is 0 Å². The first-order valence-electron chi connectivity index (χ1n) is 10.8. The number of benzene rings is 2. The molecule has 0 radical (unpaired) electrons. The quantitative estimate of drug-likeness (QED) is 0.652. The van der Waals surface area contributed by atoms with Crippen LogP contribution in [0.2, 0.25) is 0 Å². The van der Waals surface area contributed by atoms with Crippen LogP contribution in [0, 0.1) is 6.92 Å². The third-order valence-corrected chi connectivity index (χ3v) is 5.69. The second-order valence-corrected chi connectivity index (χ2v) is 8.05. The van der Waals surface area contributed by atoms with Crippen LogP contribution in [-0.4, -0.2) is 46.9 Å². The molecule has 2 atom stereocenters. The number of nitrogens with one attached hydrogen (secondary N) is 1. The van der Waals surface area contributed by atoms with E-state index in [1.165, 1.54) is 0 Å². The minimum atomic E-state index is -0.680. The van der Waals surface area contributed by atoms with Crippen molar-refractivity contribution in [2.24, 2.45) is 0 Å². The summed E-state index contributed by atoms with van der Waals surface area (Å²) < 4.78 is 5.85. The summed E-state index contributed by atoms with van der Waals surface area (Å²) in [5, 5.41) is 2.89. The maximum absolute atomic E-state index is 13.2. The van der Waals surface area contributed by atoms with Gasteiger partial charge >= 0.3 is 0 Å². The molecule has 2 aromatic carbocycles. The molecule has 1 saturated heterocycles. The van der Waals surface area contributed by atoms with Crippen LogP contribution in [0.3, 0.4) is 0 Å². The standard InChI is InChI=1S/C26H27N3O3/c1-18-3-9-23(10-4-18)32-19(2)26(31)29-16-15-28-25(30)24(29)17-20-5-7-21(8-6-20)22-11-13-27-14-12-22/h3-14,19,24H,15-17H2,1-2H3,(H,28,30)/t19-,24+/m1/s1. The number of aryl methyl sites for hydroxylation is 1. The number of nitrogens with zero attached hydrogens (tertiary/aromatic N) is 2. The van der Waals surface area contributed by atoms with Crippen LogP contribution >= 0.6 is 0 Å². The molecular weight excluding hydrogens is 402 g/mol. The van der Waals surface area contributed by atoms with Crippen molar-refractivity contribution < 1.29 is 14.3 Å². The zero-order valence-electron chi connectivity index (χ0n) is 18.3. The lowest BCUT2D eigenvalue weighted by Gasteiger charge is -2.36. The highest BCUT2D eigenvalue weighted by Gasteiger charge is 2.35. The second-order valence-electron chi connectivity index (χ2n) is 8.05. The van der Waals surface area contributed by atoms with Crippen LogP contribution in [0.5, 0.6) is 5.75 Å². The summed E-state index contributed by atoms with van der Waals surface area (Å²) in [6.45, 7) is 4.64. The highest BCUT2D eigenvalue weighted by Crippen LogP contribution is 2.21. The number of amides is 2. The maximum Gasteiger partial charge on any atom is 0.264 e. The van der Waals surface area contributed by atoms with E-state index in [0.717, 1.165) is 22.3 Å². The number of aromatic nitrogens is 1. The minimum Gasteiger partial charge on any atom is -0.481 e. The molecule has 2 heterocycles. The summed E-state index contributed by atoms with van der Waals surface area (Å²) in [5.74, 6) is 0.324. The van der Waals surface area contributed by atoms with Crippen molar-refractivity contribution in [3.63, 3.8) is 0 Å². The molecule has 1 fully saturated rings. The summed E-state index contributed by atoms with van der Waals surface area (Å²) >= 11 is 0. The zero-order valence-corrected chi connectivity index (χ0v) is 18.3. The van der Waals surface area contributed by atoms with Crippen LogP contribution in [0.1, 0.15) is 18.1 Å². The summed E-state index contributed by atoms with van der Waals surface area (Å²) in [5.41, 5.74) is 4.28. The molecule has 32 heavy (non-hydrogen) atoms. The first-order chi connectivity index (χ1) is 15.5. The van der Waals surface area contributed by atoms with Gasteiger partial charge in [0, 0.05) is 31.9 Å². The number of hydrogen-bond donors (Lipinski definition) is 1. The molecule has 0 bridgehead atoms. The molecule has 3 aromatic rings. The Hall–Kier alpha value is -3.67. The zero-order chi connectivity index (χ0) is 22.5. The lowest BCUT2D eigenvalue weighted by Crippen LogP contribution is -2.60. The number of pyridine rings is 1. The third kappa shape index (κ3) is 4.97. The van der Waals surface area contributed by atoms with Crippen molar-refractivity contribution in [2.75, 3.05) is 13.1 Å². The monoisotopic (exact) mass is 429 g/mol. The van der Waals surface area contributed by atoms with Gasteiger partial charge in [-0.2, -0.15) is 0 Å². The van der Waals surface area contributed by atoms with Crippen molar-refractivity contribution in [3.8, 4) is 16.9 Å². The van der Waals surface area contributed by atoms with E-state index < -0.39 is 12.1 Å². The van der Waals surface area contributed by atoms with Gasteiger partial charge in [-0.25, -0.2) is 0 Å². The smallest absolute Gasteiger partial charge is 0.264 e. The van der Waals surface area contributed by atoms with E-state index in [-0.39, 0.29) is 11.8 Å². The summed E-state index contributed by atoms with van der Waals surface area (Å²) in [6.07, 6.45) is 3.30. The molecular formula is C26H27N3O3. The number of carbonyl (C=O) groups is 2. The molecule has 4 rings (SSSR count). The Labute approximate surface area is 188 Å². The highest BCUT2D eigenvalue weighted by molar-refractivity contribution is 5.90. The average molecular weight is 430 g/mol. The molecule has 1 aliphatic rings. The third-order valence-electron chi connectivity index (χ3n) is 5.69. The molecule has 0 unspecified atom stereocenters. The van der Waals surface area contributed by atoms with E-state index in [0.29, 0.717) is 25.3 Å². The number of ether oxygens (including phenoxy) is 1. The van der Waals surface area contributed by atoms with E-state index in [9.17, 15) is 9.59 Å². The van der Waals surface area contributed by atoms with E-state index >= 15 is 0 Å². The summed E-state index contributed by atoms with van der Waals surface area (Å²) in [4.78, 5) is 31.5. The average Bonchev–Trinajstić information content (AvgIpc) is 2.82. The van der Waals surface area contributed by atoms with Crippen molar-refractivity contribution in [3.05, 3.63) is 84.2 Å². The van der Waals surface area contributed by atoms with E-state index in [4.69, 9.17) is 4.74 Å². The Morgan fingerprint density at radius 2 is 1.72 bits per heavy atom. The molecule has 1 N–H and O–H groups in total. The Morgan fingerprint density at radius 1 is 1.06 bits per heavy atom. The van der Waals surface area contributed by atoms with Gasteiger partial charge < -0.3 is 15.0 Å². The van der Waals surface area contributed by atoms with E-state index in [1.54, 1.807) is 24.2 Å². The van der Waals surface area contributed by atoms with Crippen molar-refractivity contribution >= 4 is 11.8 Å². The summed E-state index contributed by atoms with van der Waals surface area (Å²) in [6, 6.07) is 19.0. The predicted molar refractivity (Wildman–Crippen MR) is 123 cm³/mol. The summed E-state index contributed by atoms with van der Waals surface area (Å²) in [7, 11) is 0. The van der Waals surface area contributed by atoms with Crippen molar-refractivity contribution in [2.45, 2.75) is 32.4 Å². The van der Waals surface area contributed by atoms with Crippen LogP contribution < -0.4 is 10.1 Å². The molecule has 1 aliphatic heterocycles. The number of carbonyl (C=O) groups excluding carboxylic acids is 2. The molecule has 0 aliphatic carbocycles. The largest absolute Gasteiger partial charge is 0.481 e. The van der Waals surface area contributed by atoms with Crippen LogP contribution in [0.15, 0.2) is 73.1 Å². The Bertz CT molecular complexity index is 1070. The molecule has 6 heteroatoms. The normalized spacial score (nSPS) is 16.9. The molecule has 2 amide bonds. The molecule has 0 spiro atoms. The fourth-order valence-electron chi connectivity index (χ4n) is 3.89. The predicted octanol–water partition coefficient (Wildman–Crippen LogP) is 3.39. The molecule has 0 saturated carbocycles. The number of rotatable bonds is 6. The fourth-order valence-corrected chi connectivity index (χ4v) is 3.89. The first-order valence-corrected chi connectivity index (χ1v) is 10.8. The lowest BCUT2D eigenvalue weighted by molar-refractivity contribution is -0.147. The van der Waals surface area contributed by atoms with Gasteiger partial charge in [0.2, 0.25) is 5.91 Å². The Kier molecular flexibility index (Phi) is 6.50. The molecule has 1 aromatic heterocycles. The van der Waals surface area contributed by atoms with Gasteiger partial charge in [-0.1, -0.05) is 42.0 Å². The van der Waals surface area contributed by atoms with Crippen molar-refractivity contribution in [1.29, 1.82) is 0 Å². The van der Waals surface area contributed by atoms with Gasteiger partial charge in [0.25, 0.3) is 5.91 Å². The minimum absolute atomic E-state index is 0.134. The Balaban J connectivity index is 1.46.